The number of halogens is 1. The Morgan fingerprint density at radius 2 is 1.92 bits per heavy atom. The van der Waals surface area contributed by atoms with Gasteiger partial charge in [0.2, 0.25) is 0 Å². The SMILES string of the molecule is C[C@H]1CN(c2ccc(NC(=O)NCc3ccc(F)cc3)cc2)CCO1. The quantitative estimate of drug-likeness (QED) is 0.895. The fourth-order valence-corrected chi connectivity index (χ4v) is 2.77. The maximum atomic E-state index is 12.9. The molecule has 2 aromatic rings. The topological polar surface area (TPSA) is 53.6 Å². The molecule has 2 aromatic carbocycles. The first kappa shape index (κ1) is 17.2. The largest absolute Gasteiger partial charge is 0.375 e. The summed E-state index contributed by atoms with van der Waals surface area (Å²) in [6.45, 7) is 4.87. The molecule has 1 aliphatic heterocycles. The van der Waals surface area contributed by atoms with Gasteiger partial charge in [-0.2, -0.15) is 0 Å². The molecular formula is C19H22FN3O2. The number of morpholine rings is 1. The van der Waals surface area contributed by atoms with E-state index in [0.717, 1.165) is 36.6 Å². The van der Waals surface area contributed by atoms with Gasteiger partial charge in [-0.25, -0.2) is 9.18 Å². The van der Waals surface area contributed by atoms with E-state index in [1.54, 1.807) is 12.1 Å². The number of carbonyl (C=O) groups excluding carboxylic acids is 1. The zero-order chi connectivity index (χ0) is 17.6. The van der Waals surface area contributed by atoms with Crippen molar-refractivity contribution in [1.82, 2.24) is 5.32 Å². The summed E-state index contributed by atoms with van der Waals surface area (Å²) in [6, 6.07) is 13.5. The molecule has 2 amide bonds. The molecule has 0 unspecified atom stereocenters. The molecule has 1 fully saturated rings. The zero-order valence-electron chi connectivity index (χ0n) is 14.2. The highest BCUT2D eigenvalue weighted by atomic mass is 19.1. The van der Waals surface area contributed by atoms with E-state index >= 15 is 0 Å². The third-order valence-corrected chi connectivity index (χ3v) is 4.10. The standard InChI is InChI=1S/C19H22FN3O2/c1-14-13-23(10-11-25-14)18-8-6-17(7-9-18)22-19(24)21-12-15-2-4-16(20)5-3-15/h2-9,14H,10-13H2,1H3,(H2,21,22,24)/t14-/m0/s1. The van der Waals surface area contributed by atoms with Gasteiger partial charge in [0.05, 0.1) is 12.7 Å². The molecule has 0 aromatic heterocycles. The zero-order valence-corrected chi connectivity index (χ0v) is 14.2. The monoisotopic (exact) mass is 343 g/mol. The first-order valence-corrected chi connectivity index (χ1v) is 8.36. The number of ether oxygens (including phenoxy) is 1. The van der Waals surface area contributed by atoms with Crippen LogP contribution in [0, 0.1) is 5.82 Å². The summed E-state index contributed by atoms with van der Waals surface area (Å²) in [7, 11) is 0. The molecular weight excluding hydrogens is 321 g/mol. The number of rotatable bonds is 4. The lowest BCUT2D eigenvalue weighted by Gasteiger charge is -2.33. The number of carbonyl (C=O) groups is 1. The second-order valence-electron chi connectivity index (χ2n) is 6.11. The van der Waals surface area contributed by atoms with Gasteiger partial charge in [0.25, 0.3) is 0 Å². The van der Waals surface area contributed by atoms with Crippen molar-refractivity contribution in [1.29, 1.82) is 0 Å². The van der Waals surface area contributed by atoms with Crippen LogP contribution >= 0.6 is 0 Å². The number of hydrogen-bond acceptors (Lipinski definition) is 3. The van der Waals surface area contributed by atoms with Crippen molar-refractivity contribution in [3.63, 3.8) is 0 Å². The van der Waals surface area contributed by atoms with Crippen molar-refractivity contribution in [2.45, 2.75) is 19.6 Å². The summed E-state index contributed by atoms with van der Waals surface area (Å²) in [5.74, 6) is -0.289. The molecule has 5 nitrogen and oxygen atoms in total. The Hall–Kier alpha value is -2.60. The molecule has 0 aliphatic carbocycles. The van der Waals surface area contributed by atoms with Crippen molar-refractivity contribution in [2.75, 3.05) is 29.9 Å². The van der Waals surface area contributed by atoms with Crippen LogP contribution in [0.5, 0.6) is 0 Å². The number of benzene rings is 2. The van der Waals surface area contributed by atoms with Gasteiger partial charge < -0.3 is 20.3 Å². The van der Waals surface area contributed by atoms with Crippen LogP contribution in [0.15, 0.2) is 48.5 Å². The number of hydrogen-bond donors (Lipinski definition) is 2. The minimum Gasteiger partial charge on any atom is -0.375 e. The van der Waals surface area contributed by atoms with E-state index in [0.29, 0.717) is 6.54 Å². The van der Waals surface area contributed by atoms with E-state index in [4.69, 9.17) is 4.74 Å². The Bertz CT molecular complexity index is 704. The molecule has 0 bridgehead atoms. The number of urea groups is 1. The molecule has 6 heteroatoms. The van der Waals surface area contributed by atoms with Crippen molar-refractivity contribution >= 4 is 17.4 Å². The fourth-order valence-electron chi connectivity index (χ4n) is 2.77. The summed E-state index contributed by atoms with van der Waals surface area (Å²) >= 11 is 0. The van der Waals surface area contributed by atoms with Crippen molar-refractivity contribution in [2.24, 2.45) is 0 Å². The average Bonchev–Trinajstić information content (AvgIpc) is 2.62. The lowest BCUT2D eigenvalue weighted by molar-refractivity contribution is 0.0532. The summed E-state index contributed by atoms with van der Waals surface area (Å²) in [5, 5.41) is 5.55. The van der Waals surface area contributed by atoms with Crippen LogP contribution in [0.3, 0.4) is 0 Å². The van der Waals surface area contributed by atoms with Crippen LogP contribution in [-0.4, -0.2) is 31.8 Å². The molecule has 132 valence electrons. The van der Waals surface area contributed by atoms with Gasteiger partial charge in [0.15, 0.2) is 0 Å². The number of nitrogens with one attached hydrogen (secondary N) is 2. The highest BCUT2D eigenvalue weighted by Gasteiger charge is 2.16. The van der Waals surface area contributed by atoms with E-state index in [1.807, 2.05) is 24.3 Å². The Balaban J connectivity index is 1.50. The maximum Gasteiger partial charge on any atom is 0.319 e. The van der Waals surface area contributed by atoms with E-state index < -0.39 is 0 Å². The molecule has 1 saturated heterocycles. The first-order valence-electron chi connectivity index (χ1n) is 8.36. The lowest BCUT2D eigenvalue weighted by Crippen LogP contribution is -2.41. The number of nitrogens with zero attached hydrogens (tertiary/aromatic N) is 1. The van der Waals surface area contributed by atoms with E-state index in [-0.39, 0.29) is 18.0 Å². The summed E-state index contributed by atoms with van der Waals surface area (Å²) in [5.41, 5.74) is 2.68. The maximum absolute atomic E-state index is 12.9. The normalized spacial score (nSPS) is 17.2. The third-order valence-electron chi connectivity index (χ3n) is 4.10. The fraction of sp³-hybridized carbons (Fsp3) is 0.316. The van der Waals surface area contributed by atoms with Gasteiger partial charge in [0.1, 0.15) is 5.82 Å². The molecule has 1 aliphatic rings. The van der Waals surface area contributed by atoms with Gasteiger partial charge >= 0.3 is 6.03 Å². The van der Waals surface area contributed by atoms with Gasteiger partial charge in [-0.15, -0.1) is 0 Å². The molecule has 0 spiro atoms. The highest BCUT2D eigenvalue weighted by molar-refractivity contribution is 5.89. The number of anilines is 2. The summed E-state index contributed by atoms with van der Waals surface area (Å²) in [6.07, 6.45) is 0.226. The number of amides is 2. The second kappa shape index (κ2) is 7.98. The Kier molecular flexibility index (Phi) is 5.50. The van der Waals surface area contributed by atoms with Crippen LogP contribution in [0.4, 0.5) is 20.6 Å². The van der Waals surface area contributed by atoms with Gasteiger partial charge in [0, 0.05) is 31.0 Å². The third kappa shape index (κ3) is 4.93. The molecule has 1 heterocycles. The van der Waals surface area contributed by atoms with Crippen LogP contribution < -0.4 is 15.5 Å². The van der Waals surface area contributed by atoms with Crippen molar-refractivity contribution < 1.29 is 13.9 Å². The Morgan fingerprint density at radius 3 is 2.60 bits per heavy atom. The molecule has 3 rings (SSSR count). The summed E-state index contributed by atoms with van der Waals surface area (Å²) in [4.78, 5) is 14.2. The Labute approximate surface area is 146 Å². The van der Waals surface area contributed by atoms with Crippen LogP contribution in [0.2, 0.25) is 0 Å². The molecule has 25 heavy (non-hydrogen) atoms. The first-order chi connectivity index (χ1) is 12.1. The minimum atomic E-state index is -0.294. The second-order valence-corrected chi connectivity index (χ2v) is 6.11. The highest BCUT2D eigenvalue weighted by Crippen LogP contribution is 2.20. The van der Waals surface area contributed by atoms with Gasteiger partial charge in [-0.3, -0.25) is 0 Å². The molecule has 2 N–H and O–H groups in total. The minimum absolute atomic E-state index is 0.226. The average molecular weight is 343 g/mol. The van der Waals surface area contributed by atoms with E-state index in [1.165, 1.54) is 12.1 Å². The summed E-state index contributed by atoms with van der Waals surface area (Å²) < 4.78 is 18.4. The van der Waals surface area contributed by atoms with Crippen LogP contribution in [0.25, 0.3) is 0 Å². The van der Waals surface area contributed by atoms with Crippen molar-refractivity contribution in [3.8, 4) is 0 Å². The molecule has 0 saturated carbocycles. The van der Waals surface area contributed by atoms with Gasteiger partial charge in [-0.05, 0) is 48.9 Å². The predicted octanol–water partition coefficient (Wildman–Crippen LogP) is 3.37. The Morgan fingerprint density at radius 1 is 1.20 bits per heavy atom. The predicted molar refractivity (Wildman–Crippen MR) is 96.3 cm³/mol. The van der Waals surface area contributed by atoms with Crippen LogP contribution in [0.1, 0.15) is 12.5 Å². The molecule has 1 atom stereocenters. The van der Waals surface area contributed by atoms with Gasteiger partial charge in [-0.1, -0.05) is 12.1 Å². The van der Waals surface area contributed by atoms with Crippen molar-refractivity contribution in [3.05, 3.63) is 59.9 Å². The smallest absolute Gasteiger partial charge is 0.319 e. The molecule has 0 radical (unpaired) electrons. The lowest BCUT2D eigenvalue weighted by atomic mass is 10.2. The van der Waals surface area contributed by atoms with E-state index in [9.17, 15) is 9.18 Å². The van der Waals surface area contributed by atoms with Crippen LogP contribution in [-0.2, 0) is 11.3 Å². The van der Waals surface area contributed by atoms with E-state index in [2.05, 4.69) is 22.5 Å².